The summed E-state index contributed by atoms with van der Waals surface area (Å²) < 4.78 is 33.3. The van der Waals surface area contributed by atoms with Crippen molar-refractivity contribution in [2.45, 2.75) is 57.2 Å². The number of halogens is 2. The third kappa shape index (κ3) is 2.66. The van der Waals surface area contributed by atoms with E-state index < -0.39 is 5.82 Å². The van der Waals surface area contributed by atoms with Gasteiger partial charge in [-0.15, -0.1) is 0 Å². The minimum absolute atomic E-state index is 0.0867. The fourth-order valence-electron chi connectivity index (χ4n) is 3.43. The van der Waals surface area contributed by atoms with Gasteiger partial charge < -0.3 is 10.1 Å². The molecule has 3 rings (SSSR count). The van der Waals surface area contributed by atoms with Gasteiger partial charge >= 0.3 is 0 Å². The lowest BCUT2D eigenvalue weighted by Gasteiger charge is -2.24. The quantitative estimate of drug-likeness (QED) is 0.897. The molecule has 1 saturated carbocycles. The van der Waals surface area contributed by atoms with Crippen LogP contribution in [0.25, 0.3) is 0 Å². The summed E-state index contributed by atoms with van der Waals surface area (Å²) in [5.74, 6) is -0.786. The van der Waals surface area contributed by atoms with Gasteiger partial charge in [0.05, 0.1) is 17.4 Å². The van der Waals surface area contributed by atoms with Gasteiger partial charge in [0, 0.05) is 12.6 Å². The van der Waals surface area contributed by atoms with E-state index in [4.69, 9.17) is 4.74 Å². The van der Waals surface area contributed by atoms with Crippen molar-refractivity contribution in [2.24, 2.45) is 0 Å². The van der Waals surface area contributed by atoms with Crippen LogP contribution in [0.5, 0.6) is 0 Å². The summed E-state index contributed by atoms with van der Waals surface area (Å²) in [6.07, 6.45) is 7.01. The molecule has 1 heterocycles. The van der Waals surface area contributed by atoms with E-state index >= 15 is 0 Å². The molecule has 20 heavy (non-hydrogen) atoms. The zero-order valence-corrected chi connectivity index (χ0v) is 11.8. The van der Waals surface area contributed by atoms with Crippen LogP contribution in [0.4, 0.5) is 14.5 Å². The van der Waals surface area contributed by atoms with Crippen molar-refractivity contribution >= 4 is 5.69 Å². The van der Waals surface area contributed by atoms with Crippen LogP contribution < -0.4 is 5.32 Å². The van der Waals surface area contributed by atoms with E-state index in [9.17, 15) is 8.78 Å². The Balaban J connectivity index is 1.59. The van der Waals surface area contributed by atoms with Crippen molar-refractivity contribution in [3.8, 4) is 0 Å². The smallest absolute Gasteiger partial charge is 0.146 e. The topological polar surface area (TPSA) is 21.3 Å². The van der Waals surface area contributed by atoms with Gasteiger partial charge in [-0.2, -0.15) is 0 Å². The number of hydrogen-bond donors (Lipinski definition) is 1. The van der Waals surface area contributed by atoms with Crippen LogP contribution in [0.15, 0.2) is 12.1 Å². The number of aryl methyl sites for hydroxylation is 1. The molecule has 2 nitrogen and oxygen atoms in total. The molecule has 1 aromatic rings. The molecule has 1 atom stereocenters. The predicted octanol–water partition coefficient (Wildman–Crippen LogP) is 4.18. The lowest BCUT2D eigenvalue weighted by molar-refractivity contribution is -0.0307. The molecular formula is C16H21F2NO. The number of ether oxygens (including phenoxy) is 1. The van der Waals surface area contributed by atoms with Gasteiger partial charge in [-0.05, 0) is 44.2 Å². The van der Waals surface area contributed by atoms with Crippen LogP contribution in [0.3, 0.4) is 0 Å². The first-order chi connectivity index (χ1) is 9.58. The van der Waals surface area contributed by atoms with Gasteiger partial charge in [0.25, 0.3) is 0 Å². The number of nitrogens with one attached hydrogen (secondary N) is 1. The van der Waals surface area contributed by atoms with E-state index in [-0.39, 0.29) is 23.2 Å². The first-order valence-electron chi connectivity index (χ1n) is 7.45. The fraction of sp³-hybridized carbons (Fsp3) is 0.625. The van der Waals surface area contributed by atoms with Crippen LogP contribution in [0.2, 0.25) is 0 Å². The lowest BCUT2D eigenvalue weighted by atomic mass is 9.98. The molecule has 1 spiro atoms. The summed E-state index contributed by atoms with van der Waals surface area (Å²) in [6, 6.07) is 2.45. The van der Waals surface area contributed by atoms with Crippen molar-refractivity contribution < 1.29 is 13.5 Å². The highest BCUT2D eigenvalue weighted by atomic mass is 19.1. The van der Waals surface area contributed by atoms with E-state index in [1.54, 1.807) is 6.92 Å². The molecule has 1 N–H and O–H groups in total. The molecule has 0 amide bonds. The van der Waals surface area contributed by atoms with E-state index in [0.717, 1.165) is 25.7 Å². The molecule has 1 aliphatic carbocycles. The monoisotopic (exact) mass is 281 g/mol. The molecule has 0 bridgehead atoms. The Hall–Kier alpha value is -1.16. The zero-order valence-electron chi connectivity index (χ0n) is 11.8. The third-order valence-electron chi connectivity index (χ3n) is 4.62. The summed E-state index contributed by atoms with van der Waals surface area (Å²) in [6.45, 7) is 2.10. The fourth-order valence-corrected chi connectivity index (χ4v) is 3.43. The average Bonchev–Trinajstić information content (AvgIpc) is 3.03. The Morgan fingerprint density at radius 3 is 2.70 bits per heavy atom. The second-order valence-corrected chi connectivity index (χ2v) is 6.13. The third-order valence-corrected chi connectivity index (χ3v) is 4.62. The van der Waals surface area contributed by atoms with Gasteiger partial charge in [-0.3, -0.25) is 0 Å². The van der Waals surface area contributed by atoms with Crippen molar-refractivity contribution in [1.29, 1.82) is 0 Å². The first kappa shape index (κ1) is 13.8. The van der Waals surface area contributed by atoms with Crippen LogP contribution >= 0.6 is 0 Å². The van der Waals surface area contributed by atoms with Gasteiger partial charge in [0.2, 0.25) is 0 Å². The molecule has 1 saturated heterocycles. The number of anilines is 1. The van der Waals surface area contributed by atoms with Crippen LogP contribution in [-0.2, 0) is 4.74 Å². The largest absolute Gasteiger partial charge is 0.380 e. The molecule has 2 fully saturated rings. The predicted molar refractivity (Wildman–Crippen MR) is 74.9 cm³/mol. The second-order valence-electron chi connectivity index (χ2n) is 6.13. The number of rotatable bonds is 3. The Morgan fingerprint density at radius 1 is 1.20 bits per heavy atom. The Kier molecular flexibility index (Phi) is 3.67. The first-order valence-corrected chi connectivity index (χ1v) is 7.45. The maximum atomic E-state index is 13.7. The molecule has 1 aromatic carbocycles. The van der Waals surface area contributed by atoms with E-state index in [1.165, 1.54) is 25.0 Å². The summed E-state index contributed by atoms with van der Waals surface area (Å²) in [5.41, 5.74) is 0.641. The maximum absolute atomic E-state index is 13.7. The molecule has 1 aliphatic heterocycles. The van der Waals surface area contributed by atoms with Crippen LogP contribution in [0.1, 0.15) is 44.1 Å². The van der Waals surface area contributed by atoms with E-state index in [1.807, 2.05) is 0 Å². The highest BCUT2D eigenvalue weighted by Crippen LogP contribution is 2.43. The van der Waals surface area contributed by atoms with Crippen molar-refractivity contribution in [3.05, 3.63) is 29.3 Å². The highest BCUT2D eigenvalue weighted by Gasteiger charge is 2.41. The maximum Gasteiger partial charge on any atom is 0.146 e. The van der Waals surface area contributed by atoms with Gasteiger partial charge in [0.1, 0.15) is 11.6 Å². The van der Waals surface area contributed by atoms with E-state index in [0.29, 0.717) is 12.1 Å². The Labute approximate surface area is 118 Å². The van der Waals surface area contributed by atoms with Gasteiger partial charge in [-0.1, -0.05) is 12.8 Å². The Bertz CT molecular complexity index is 497. The molecule has 0 aromatic heterocycles. The van der Waals surface area contributed by atoms with Gasteiger partial charge in [0.15, 0.2) is 0 Å². The highest BCUT2D eigenvalue weighted by molar-refractivity contribution is 5.47. The van der Waals surface area contributed by atoms with Crippen molar-refractivity contribution in [2.75, 3.05) is 11.9 Å². The number of hydrogen-bond acceptors (Lipinski definition) is 2. The summed E-state index contributed by atoms with van der Waals surface area (Å²) in [5, 5.41) is 2.99. The molecule has 0 radical (unpaired) electrons. The minimum Gasteiger partial charge on any atom is -0.380 e. The van der Waals surface area contributed by atoms with E-state index in [2.05, 4.69) is 5.32 Å². The van der Waals surface area contributed by atoms with Crippen molar-refractivity contribution in [1.82, 2.24) is 0 Å². The molecule has 110 valence electrons. The van der Waals surface area contributed by atoms with Crippen molar-refractivity contribution in [3.63, 3.8) is 0 Å². The standard InChI is InChI=1S/C16H21F2NO/c1-11-8-14(18)15(9-13(11)17)19-10-12-4-7-16(20-12)5-2-3-6-16/h8-9,12,19H,2-7,10H2,1H3. The normalized spacial score (nSPS) is 24.4. The number of benzene rings is 1. The minimum atomic E-state index is -0.405. The molecule has 4 heteroatoms. The lowest BCUT2D eigenvalue weighted by Crippen LogP contribution is -2.28. The molecule has 2 aliphatic rings. The van der Waals surface area contributed by atoms with Gasteiger partial charge in [-0.25, -0.2) is 8.78 Å². The Morgan fingerprint density at radius 2 is 1.95 bits per heavy atom. The van der Waals surface area contributed by atoms with Crippen LogP contribution in [-0.4, -0.2) is 18.2 Å². The second kappa shape index (κ2) is 5.32. The summed E-state index contributed by atoms with van der Waals surface area (Å²) in [4.78, 5) is 0. The molecular weight excluding hydrogens is 260 g/mol. The molecule has 1 unspecified atom stereocenters. The zero-order chi connectivity index (χ0) is 14.2. The SMILES string of the molecule is Cc1cc(F)c(NCC2CCC3(CCCC3)O2)cc1F. The average molecular weight is 281 g/mol. The summed E-state index contributed by atoms with van der Waals surface area (Å²) >= 11 is 0. The van der Waals surface area contributed by atoms with Crippen LogP contribution in [0, 0.1) is 18.6 Å². The summed E-state index contributed by atoms with van der Waals surface area (Å²) in [7, 11) is 0.